The molecule has 5 nitrogen and oxygen atoms in total. The number of hydrazine groups is 1. The Hall–Kier alpha value is -1.37. The molecule has 0 aliphatic carbocycles. The Morgan fingerprint density at radius 2 is 2.11 bits per heavy atom. The Morgan fingerprint density at radius 3 is 2.67 bits per heavy atom. The van der Waals surface area contributed by atoms with Crippen LogP contribution in [0.4, 0.5) is 0 Å². The Kier molecular flexibility index (Phi) is 4.00. The van der Waals surface area contributed by atoms with E-state index in [2.05, 4.69) is 33.8 Å². The molecule has 0 amide bonds. The average Bonchev–Trinajstić information content (AvgIpc) is 2.82. The number of aromatic nitrogens is 3. The van der Waals surface area contributed by atoms with Crippen LogP contribution < -0.4 is 11.3 Å². The van der Waals surface area contributed by atoms with E-state index < -0.39 is 0 Å². The van der Waals surface area contributed by atoms with Crippen LogP contribution in [0.5, 0.6) is 0 Å². The van der Waals surface area contributed by atoms with Gasteiger partial charge in [-0.25, -0.2) is 5.43 Å². The molecule has 0 saturated carbocycles. The first-order chi connectivity index (χ1) is 8.63. The van der Waals surface area contributed by atoms with Crippen LogP contribution in [0.2, 0.25) is 0 Å². The van der Waals surface area contributed by atoms with Crippen molar-refractivity contribution in [1.29, 1.82) is 0 Å². The monoisotopic (exact) mass is 263 g/mol. The number of nitrogens with one attached hydrogen (secondary N) is 1. The Balaban J connectivity index is 2.39. The van der Waals surface area contributed by atoms with Gasteiger partial charge in [0, 0.05) is 11.9 Å². The SMILES string of the molecule is Cc1ccc(C(NN)c2snnc2C(C)C)cn1. The van der Waals surface area contributed by atoms with E-state index in [1.165, 1.54) is 11.5 Å². The molecule has 0 aliphatic rings. The van der Waals surface area contributed by atoms with Crippen LogP contribution >= 0.6 is 11.5 Å². The van der Waals surface area contributed by atoms with Crippen molar-refractivity contribution >= 4 is 11.5 Å². The lowest BCUT2D eigenvalue weighted by atomic mass is 10.0. The third-order valence-electron chi connectivity index (χ3n) is 2.78. The van der Waals surface area contributed by atoms with Crippen LogP contribution in [0.25, 0.3) is 0 Å². The Morgan fingerprint density at radius 1 is 1.33 bits per heavy atom. The van der Waals surface area contributed by atoms with Crippen LogP contribution in [0.15, 0.2) is 18.3 Å². The van der Waals surface area contributed by atoms with E-state index >= 15 is 0 Å². The van der Waals surface area contributed by atoms with Crippen LogP contribution in [0.1, 0.15) is 47.6 Å². The van der Waals surface area contributed by atoms with Gasteiger partial charge in [-0.3, -0.25) is 10.8 Å². The van der Waals surface area contributed by atoms with E-state index in [0.29, 0.717) is 5.92 Å². The summed E-state index contributed by atoms with van der Waals surface area (Å²) < 4.78 is 4.03. The molecule has 1 unspecified atom stereocenters. The summed E-state index contributed by atoms with van der Waals surface area (Å²) in [6, 6.07) is 3.90. The van der Waals surface area contributed by atoms with Crippen molar-refractivity contribution in [1.82, 2.24) is 20.0 Å². The smallest absolute Gasteiger partial charge is 0.0852 e. The number of nitrogens with two attached hydrogens (primary N) is 1. The van der Waals surface area contributed by atoms with Crippen molar-refractivity contribution in [3.63, 3.8) is 0 Å². The second-order valence-corrected chi connectivity index (χ2v) is 5.30. The lowest BCUT2D eigenvalue weighted by Gasteiger charge is -2.16. The van der Waals surface area contributed by atoms with Crippen molar-refractivity contribution in [2.45, 2.75) is 32.7 Å². The van der Waals surface area contributed by atoms with Gasteiger partial charge in [0.1, 0.15) is 0 Å². The molecule has 1 atom stereocenters. The largest absolute Gasteiger partial charge is 0.271 e. The minimum Gasteiger partial charge on any atom is -0.271 e. The number of hydrogen-bond acceptors (Lipinski definition) is 6. The zero-order valence-electron chi connectivity index (χ0n) is 10.7. The predicted molar refractivity (Wildman–Crippen MR) is 72.1 cm³/mol. The average molecular weight is 263 g/mol. The second-order valence-electron chi connectivity index (χ2n) is 4.51. The first-order valence-electron chi connectivity index (χ1n) is 5.84. The maximum atomic E-state index is 5.68. The van der Waals surface area contributed by atoms with Gasteiger partial charge >= 0.3 is 0 Å². The van der Waals surface area contributed by atoms with Gasteiger partial charge in [0.2, 0.25) is 0 Å². The summed E-state index contributed by atoms with van der Waals surface area (Å²) in [4.78, 5) is 5.35. The molecule has 0 radical (unpaired) electrons. The molecule has 18 heavy (non-hydrogen) atoms. The molecule has 0 saturated heterocycles. The molecule has 0 spiro atoms. The van der Waals surface area contributed by atoms with Crippen molar-refractivity contribution in [3.8, 4) is 0 Å². The van der Waals surface area contributed by atoms with Crippen LogP contribution in [-0.2, 0) is 0 Å². The van der Waals surface area contributed by atoms with Crippen LogP contribution in [0.3, 0.4) is 0 Å². The zero-order chi connectivity index (χ0) is 13.1. The van der Waals surface area contributed by atoms with Gasteiger partial charge in [-0.2, -0.15) is 0 Å². The molecule has 96 valence electrons. The minimum absolute atomic E-state index is 0.101. The van der Waals surface area contributed by atoms with E-state index in [1.807, 2.05) is 25.3 Å². The Bertz CT molecular complexity index is 505. The molecule has 0 bridgehead atoms. The minimum atomic E-state index is -0.101. The first-order valence-corrected chi connectivity index (χ1v) is 6.61. The molecule has 6 heteroatoms. The molecule has 0 aliphatic heterocycles. The number of hydrogen-bond donors (Lipinski definition) is 2. The van der Waals surface area contributed by atoms with Crippen molar-refractivity contribution in [3.05, 3.63) is 40.2 Å². The van der Waals surface area contributed by atoms with E-state index in [4.69, 9.17) is 5.84 Å². The van der Waals surface area contributed by atoms with Gasteiger partial charge < -0.3 is 0 Å². The molecule has 2 heterocycles. The van der Waals surface area contributed by atoms with Crippen LogP contribution in [-0.4, -0.2) is 14.6 Å². The summed E-state index contributed by atoms with van der Waals surface area (Å²) in [6.07, 6.45) is 1.84. The molecule has 2 rings (SSSR count). The van der Waals surface area contributed by atoms with E-state index in [1.54, 1.807) is 0 Å². The van der Waals surface area contributed by atoms with Gasteiger partial charge in [0.05, 0.1) is 16.6 Å². The van der Waals surface area contributed by atoms with Gasteiger partial charge in [0.25, 0.3) is 0 Å². The maximum absolute atomic E-state index is 5.68. The predicted octanol–water partition coefficient (Wildman–Crippen LogP) is 1.92. The highest BCUT2D eigenvalue weighted by Gasteiger charge is 2.21. The fraction of sp³-hybridized carbons (Fsp3) is 0.417. The highest BCUT2D eigenvalue weighted by atomic mass is 32.1. The Labute approximate surface area is 111 Å². The van der Waals surface area contributed by atoms with Gasteiger partial charge in [-0.05, 0) is 36.0 Å². The lowest BCUT2D eigenvalue weighted by Crippen LogP contribution is -2.29. The summed E-state index contributed by atoms with van der Waals surface area (Å²) in [5.41, 5.74) is 5.83. The summed E-state index contributed by atoms with van der Waals surface area (Å²) in [5, 5.41) is 4.18. The lowest BCUT2D eigenvalue weighted by molar-refractivity contribution is 0.629. The third kappa shape index (κ3) is 2.55. The highest BCUT2D eigenvalue weighted by molar-refractivity contribution is 7.05. The molecule has 2 aromatic rings. The topological polar surface area (TPSA) is 76.7 Å². The van der Waals surface area contributed by atoms with Crippen LogP contribution in [0, 0.1) is 6.92 Å². The number of nitrogens with zero attached hydrogens (tertiary/aromatic N) is 3. The number of pyridine rings is 1. The molecular weight excluding hydrogens is 246 g/mol. The first kappa shape index (κ1) is 13.1. The summed E-state index contributed by atoms with van der Waals surface area (Å²) >= 11 is 1.38. The maximum Gasteiger partial charge on any atom is 0.0852 e. The molecule has 2 aromatic heterocycles. The van der Waals surface area contributed by atoms with E-state index in [9.17, 15) is 0 Å². The van der Waals surface area contributed by atoms with Crippen molar-refractivity contribution in [2.24, 2.45) is 5.84 Å². The third-order valence-corrected chi connectivity index (χ3v) is 3.59. The quantitative estimate of drug-likeness (QED) is 0.651. The number of aryl methyl sites for hydroxylation is 1. The van der Waals surface area contributed by atoms with Gasteiger partial charge in [-0.15, -0.1) is 5.10 Å². The van der Waals surface area contributed by atoms with Crippen molar-refractivity contribution in [2.75, 3.05) is 0 Å². The highest BCUT2D eigenvalue weighted by Crippen LogP contribution is 2.29. The fourth-order valence-corrected chi connectivity index (χ4v) is 2.67. The van der Waals surface area contributed by atoms with Gasteiger partial charge in [-0.1, -0.05) is 24.4 Å². The summed E-state index contributed by atoms with van der Waals surface area (Å²) in [6.45, 7) is 6.16. The normalized spacial score (nSPS) is 12.9. The van der Waals surface area contributed by atoms with E-state index in [-0.39, 0.29) is 6.04 Å². The zero-order valence-corrected chi connectivity index (χ0v) is 11.5. The fourth-order valence-electron chi connectivity index (χ4n) is 1.78. The van der Waals surface area contributed by atoms with Crippen molar-refractivity contribution < 1.29 is 0 Å². The summed E-state index contributed by atoms with van der Waals surface area (Å²) in [5.74, 6) is 6.00. The molecular formula is C12H17N5S. The van der Waals surface area contributed by atoms with Gasteiger partial charge in [0.15, 0.2) is 0 Å². The number of rotatable bonds is 4. The standard InChI is InChI=1S/C12H17N5S/c1-7(2)10-12(18-17-16-10)11(15-13)9-5-4-8(3)14-6-9/h4-7,11,15H,13H2,1-3H3. The molecule has 3 N–H and O–H groups in total. The second kappa shape index (κ2) is 5.51. The molecule has 0 aromatic carbocycles. The van der Waals surface area contributed by atoms with E-state index in [0.717, 1.165) is 21.8 Å². The molecule has 0 fully saturated rings. The summed E-state index contributed by atoms with van der Waals surface area (Å²) in [7, 11) is 0.